The monoisotopic (exact) mass is 782 g/mol. The van der Waals surface area contributed by atoms with Gasteiger partial charge in [-0.05, 0) is 57.8 Å². The lowest BCUT2D eigenvalue weighted by atomic mass is 10.0. The molecule has 0 aliphatic carbocycles. The fourth-order valence-electron chi connectivity index (χ4n) is 5.53. The molecule has 1 aliphatic heterocycles. The number of hydrogen-bond acceptors (Lipinski definition) is 11. The summed E-state index contributed by atoms with van der Waals surface area (Å²) < 4.78 is 0. The van der Waals surface area contributed by atoms with Crippen LogP contribution in [0.4, 0.5) is 0 Å². The highest BCUT2D eigenvalue weighted by molar-refractivity contribution is 5.96. The van der Waals surface area contributed by atoms with Gasteiger partial charge in [-0.2, -0.15) is 0 Å². The molecule has 0 bridgehead atoms. The van der Waals surface area contributed by atoms with Gasteiger partial charge in [-0.25, -0.2) is 0 Å². The summed E-state index contributed by atoms with van der Waals surface area (Å²) >= 11 is 0. The molecule has 0 spiro atoms. The fraction of sp³-hybridized carbons (Fsp3) is 0.706. The number of likely N-dealkylation sites (tertiary alicyclic amines) is 1. The molecule has 1 heterocycles. The average Bonchev–Trinajstić information content (AvgIpc) is 3.60. The minimum absolute atomic E-state index is 0.0932. The highest BCUT2D eigenvalue weighted by atomic mass is 16.4. The van der Waals surface area contributed by atoms with Crippen molar-refractivity contribution in [3.8, 4) is 0 Å². The normalized spacial score (nSPS) is 16.5. The second-order valence-electron chi connectivity index (χ2n) is 14.2. The van der Waals surface area contributed by atoms with Gasteiger partial charge in [0.05, 0.1) is 19.6 Å². The largest absolute Gasteiger partial charge is 0.480 e. The number of rotatable bonds is 23. The van der Waals surface area contributed by atoms with E-state index in [9.17, 15) is 47.9 Å². The average molecular weight is 783 g/mol. The number of nitrogens with two attached hydrogens (primary N) is 2. The number of hydrogen-bond donors (Lipinski definition) is 10. The van der Waals surface area contributed by atoms with Crippen LogP contribution < -0.4 is 48.7 Å². The van der Waals surface area contributed by atoms with E-state index >= 15 is 0 Å². The van der Waals surface area contributed by atoms with Crippen molar-refractivity contribution < 1.29 is 53.1 Å². The van der Waals surface area contributed by atoms with Crippen LogP contribution in [0.2, 0.25) is 0 Å². The van der Waals surface area contributed by atoms with Crippen LogP contribution in [0, 0.1) is 11.8 Å². The highest BCUT2D eigenvalue weighted by Gasteiger charge is 2.35. The fourth-order valence-corrected chi connectivity index (χ4v) is 5.53. The van der Waals surface area contributed by atoms with Gasteiger partial charge in [0.1, 0.15) is 36.3 Å². The quantitative estimate of drug-likeness (QED) is 0.0475. The van der Waals surface area contributed by atoms with Gasteiger partial charge in [-0.15, -0.1) is 0 Å². The van der Waals surface area contributed by atoms with E-state index in [1.807, 2.05) is 0 Å². The molecule has 12 N–H and O–H groups in total. The summed E-state index contributed by atoms with van der Waals surface area (Å²) in [4.78, 5) is 126. The van der Waals surface area contributed by atoms with E-state index in [0.717, 1.165) is 0 Å². The minimum Gasteiger partial charge on any atom is -0.480 e. The lowest BCUT2D eigenvalue weighted by Crippen LogP contribution is -2.57. The third kappa shape index (κ3) is 17.6. The molecule has 1 aliphatic rings. The molecule has 0 aromatic heterocycles. The first-order valence-corrected chi connectivity index (χ1v) is 18.2. The second kappa shape index (κ2) is 23.4. The lowest BCUT2D eigenvalue weighted by molar-refractivity contribution is -0.143. The van der Waals surface area contributed by atoms with Crippen molar-refractivity contribution in [2.75, 3.05) is 26.2 Å². The van der Waals surface area contributed by atoms with Crippen LogP contribution in [-0.4, -0.2) is 132 Å². The Morgan fingerprint density at radius 3 is 1.76 bits per heavy atom. The van der Waals surface area contributed by atoms with E-state index in [2.05, 4.69) is 37.2 Å². The number of carboxylic acids is 1. The van der Waals surface area contributed by atoms with Gasteiger partial charge in [0, 0.05) is 13.0 Å². The Morgan fingerprint density at radius 2 is 1.22 bits per heavy atom. The van der Waals surface area contributed by atoms with Crippen LogP contribution >= 0.6 is 0 Å². The first-order chi connectivity index (χ1) is 25.7. The van der Waals surface area contributed by atoms with Crippen molar-refractivity contribution in [2.45, 2.75) is 116 Å². The Bertz CT molecular complexity index is 1420. The number of carbonyl (C=O) groups is 10. The van der Waals surface area contributed by atoms with Crippen LogP contribution in [0.15, 0.2) is 0 Å². The number of nitrogens with one attached hydrogen (secondary N) is 7. The standard InChI is InChI=1S/C34H58N10O11/c1-17(2)12-22(43-31(51)21(9-10-25(36)45)41-26(46)14-35)30(50)37-15-27(47)42-23(13-18(3)4)32(52)39-19(5)29(49)38-16-28(48)44-11-7-8-24(44)33(53)40-20(6)34(54)55/h17-24H,7-16,35H2,1-6H3,(H2,36,45)(H,37,50)(H,38,49)(H,39,52)(H,40,53)(H,41,46)(H,42,47)(H,43,51)(H,54,55)/t19-,20-,21-,22-,23-,24-/m0/s1. The van der Waals surface area contributed by atoms with Crippen LogP contribution in [0.5, 0.6) is 0 Å². The zero-order chi connectivity index (χ0) is 42.0. The van der Waals surface area contributed by atoms with Crippen molar-refractivity contribution >= 4 is 59.1 Å². The molecule has 0 aromatic carbocycles. The zero-order valence-electron chi connectivity index (χ0n) is 32.3. The van der Waals surface area contributed by atoms with E-state index in [1.165, 1.54) is 18.7 Å². The van der Waals surface area contributed by atoms with E-state index in [-0.39, 0.29) is 44.1 Å². The topological polar surface area (TPSA) is 330 Å². The molecule has 0 aromatic rings. The van der Waals surface area contributed by atoms with Crippen molar-refractivity contribution in [1.29, 1.82) is 0 Å². The first-order valence-electron chi connectivity index (χ1n) is 18.2. The zero-order valence-corrected chi connectivity index (χ0v) is 32.3. The summed E-state index contributed by atoms with van der Waals surface area (Å²) in [6.07, 6.45) is 0.768. The molecule has 6 atom stereocenters. The van der Waals surface area contributed by atoms with Crippen LogP contribution in [-0.2, 0) is 47.9 Å². The maximum absolute atomic E-state index is 13.2. The molecule has 55 heavy (non-hydrogen) atoms. The summed E-state index contributed by atoms with van der Waals surface area (Å²) in [5.41, 5.74) is 10.5. The number of carboxylic acid groups (broad SMARTS) is 1. The number of carbonyl (C=O) groups excluding carboxylic acids is 9. The summed E-state index contributed by atoms with van der Waals surface area (Å²) in [6.45, 7) is 8.61. The molecule has 0 radical (unpaired) electrons. The van der Waals surface area contributed by atoms with E-state index in [4.69, 9.17) is 16.6 Å². The van der Waals surface area contributed by atoms with Crippen molar-refractivity contribution in [1.82, 2.24) is 42.1 Å². The third-order valence-corrected chi connectivity index (χ3v) is 8.41. The second-order valence-corrected chi connectivity index (χ2v) is 14.2. The molecule has 1 rings (SSSR count). The number of nitrogens with zero attached hydrogens (tertiary/aromatic N) is 1. The SMILES string of the molecule is CC(C)C[C@H](NC(=O)CNC(=O)[C@H](CC(C)C)NC(=O)[C@H](CCC(N)=O)NC(=O)CN)C(=O)N[C@@H](C)C(=O)NCC(=O)N1CCC[C@H]1C(=O)N[C@@H](C)C(=O)O. The predicted octanol–water partition coefficient (Wildman–Crippen LogP) is -3.93. The predicted molar refractivity (Wildman–Crippen MR) is 196 cm³/mol. The smallest absolute Gasteiger partial charge is 0.325 e. The Hall–Kier alpha value is -5.34. The van der Waals surface area contributed by atoms with E-state index in [0.29, 0.717) is 12.8 Å². The minimum atomic E-state index is -1.23. The molecule has 1 fully saturated rings. The maximum Gasteiger partial charge on any atom is 0.325 e. The van der Waals surface area contributed by atoms with Crippen LogP contribution in [0.25, 0.3) is 0 Å². The van der Waals surface area contributed by atoms with Crippen molar-refractivity contribution in [3.63, 3.8) is 0 Å². The summed E-state index contributed by atoms with van der Waals surface area (Å²) in [6, 6.07) is -6.67. The van der Waals surface area contributed by atoms with Gasteiger partial charge in [0.15, 0.2) is 0 Å². The Kier molecular flexibility index (Phi) is 20.3. The third-order valence-electron chi connectivity index (χ3n) is 8.41. The van der Waals surface area contributed by atoms with E-state index < -0.39 is 115 Å². The maximum atomic E-state index is 13.2. The van der Waals surface area contributed by atoms with Crippen LogP contribution in [0.1, 0.15) is 80.1 Å². The van der Waals surface area contributed by atoms with Gasteiger partial charge in [0.25, 0.3) is 0 Å². The Balaban J connectivity index is 2.82. The molecule has 1 saturated heterocycles. The van der Waals surface area contributed by atoms with Gasteiger partial charge in [0.2, 0.25) is 53.2 Å². The molecular weight excluding hydrogens is 724 g/mol. The molecule has 21 heteroatoms. The summed E-state index contributed by atoms with van der Waals surface area (Å²) in [7, 11) is 0. The Morgan fingerprint density at radius 1 is 0.673 bits per heavy atom. The molecule has 0 unspecified atom stereocenters. The van der Waals surface area contributed by atoms with Gasteiger partial charge in [-0.1, -0.05) is 27.7 Å². The highest BCUT2D eigenvalue weighted by Crippen LogP contribution is 2.17. The summed E-state index contributed by atoms with van der Waals surface area (Å²) in [5.74, 6) is -7.65. The Labute approximate surface area is 319 Å². The lowest BCUT2D eigenvalue weighted by Gasteiger charge is -2.26. The molecule has 310 valence electrons. The van der Waals surface area contributed by atoms with Crippen molar-refractivity contribution in [3.05, 3.63) is 0 Å². The first kappa shape index (κ1) is 47.7. The molecule has 9 amide bonds. The molecule has 0 saturated carbocycles. The van der Waals surface area contributed by atoms with Gasteiger partial charge in [-0.3, -0.25) is 47.9 Å². The van der Waals surface area contributed by atoms with Gasteiger partial charge >= 0.3 is 5.97 Å². The van der Waals surface area contributed by atoms with Crippen LogP contribution in [0.3, 0.4) is 0 Å². The number of aliphatic carboxylic acids is 1. The molecule has 21 nitrogen and oxygen atoms in total. The van der Waals surface area contributed by atoms with Gasteiger partial charge < -0.3 is 58.7 Å². The molecular formula is C34H58N10O11. The summed E-state index contributed by atoms with van der Waals surface area (Å²) in [5, 5.41) is 26.2. The number of amides is 9. The van der Waals surface area contributed by atoms with Crippen molar-refractivity contribution in [2.24, 2.45) is 23.3 Å². The van der Waals surface area contributed by atoms with E-state index in [1.54, 1.807) is 27.7 Å². The number of primary amides is 1.